The van der Waals surface area contributed by atoms with Gasteiger partial charge >= 0.3 is 0 Å². The molecular formula is C19H19ClN2O4S. The third kappa shape index (κ3) is 3.70. The minimum Gasteiger partial charge on any atom is -0.322 e. The van der Waals surface area contributed by atoms with E-state index in [1.807, 2.05) is 25.1 Å². The van der Waals surface area contributed by atoms with Crippen molar-refractivity contribution in [3.05, 3.63) is 58.6 Å². The summed E-state index contributed by atoms with van der Waals surface area (Å²) in [5.74, 6) is -1.31. The number of anilines is 2. The molecule has 6 nitrogen and oxygen atoms in total. The number of hydrogen-bond acceptors (Lipinski definition) is 4. The van der Waals surface area contributed by atoms with Crippen LogP contribution in [-0.2, 0) is 14.8 Å². The Morgan fingerprint density at radius 2 is 1.89 bits per heavy atom. The van der Waals surface area contributed by atoms with E-state index in [2.05, 4.69) is 5.32 Å². The van der Waals surface area contributed by atoms with Crippen LogP contribution in [0.4, 0.5) is 11.4 Å². The lowest BCUT2D eigenvalue weighted by Gasteiger charge is -2.19. The maximum atomic E-state index is 12.6. The Morgan fingerprint density at radius 1 is 1.19 bits per heavy atom. The molecule has 2 aromatic rings. The first-order chi connectivity index (χ1) is 12.5. The maximum Gasteiger partial charge on any atom is 0.255 e. The molecule has 0 unspecified atom stereocenters. The van der Waals surface area contributed by atoms with Gasteiger partial charge in [-0.15, -0.1) is 0 Å². The molecule has 0 aliphatic carbocycles. The van der Waals surface area contributed by atoms with Crippen LogP contribution in [0.2, 0.25) is 5.02 Å². The first-order valence-electron chi connectivity index (χ1n) is 8.26. The molecule has 1 fully saturated rings. The van der Waals surface area contributed by atoms with Crippen molar-refractivity contribution in [3.8, 4) is 0 Å². The molecule has 1 aliphatic rings. The second-order valence-corrected chi connectivity index (χ2v) is 9.42. The second-order valence-electron chi connectivity index (χ2n) is 7.20. The predicted molar refractivity (Wildman–Crippen MR) is 106 cm³/mol. The van der Waals surface area contributed by atoms with Gasteiger partial charge in [-0.2, -0.15) is 0 Å². The van der Waals surface area contributed by atoms with Crippen molar-refractivity contribution < 1.29 is 18.0 Å². The Bertz CT molecular complexity index is 1050. The number of hydrogen-bond donors (Lipinski definition) is 1. The molecule has 27 heavy (non-hydrogen) atoms. The molecular weight excluding hydrogens is 388 g/mol. The summed E-state index contributed by atoms with van der Waals surface area (Å²) in [6.07, 6.45) is 0. The number of aryl methyl sites for hydroxylation is 1. The number of benzene rings is 2. The molecule has 0 saturated carbocycles. The SMILES string of the molecule is Cc1cccc(NC(=O)c2ccc(Cl)c(N3C(=O)C(C)(C)CS3(=O)=O)c2)c1. The zero-order valence-electron chi connectivity index (χ0n) is 15.1. The third-order valence-corrected chi connectivity index (χ3v) is 6.61. The van der Waals surface area contributed by atoms with Crippen molar-refractivity contribution >= 4 is 44.8 Å². The molecule has 0 bridgehead atoms. The fraction of sp³-hybridized carbons (Fsp3) is 0.263. The molecule has 0 atom stereocenters. The summed E-state index contributed by atoms with van der Waals surface area (Å²) in [5.41, 5.74) is 0.734. The largest absolute Gasteiger partial charge is 0.322 e. The summed E-state index contributed by atoms with van der Waals surface area (Å²) in [4.78, 5) is 25.2. The Morgan fingerprint density at radius 3 is 2.48 bits per heavy atom. The lowest BCUT2D eigenvalue weighted by molar-refractivity contribution is -0.123. The highest BCUT2D eigenvalue weighted by Crippen LogP contribution is 2.39. The highest BCUT2D eigenvalue weighted by Gasteiger charge is 2.50. The molecule has 142 valence electrons. The van der Waals surface area contributed by atoms with Crippen LogP contribution in [0.3, 0.4) is 0 Å². The number of sulfonamides is 1. The van der Waals surface area contributed by atoms with E-state index in [4.69, 9.17) is 11.6 Å². The van der Waals surface area contributed by atoms with Gasteiger partial charge in [0, 0.05) is 11.3 Å². The fourth-order valence-corrected chi connectivity index (χ4v) is 5.35. The monoisotopic (exact) mass is 406 g/mol. The summed E-state index contributed by atoms with van der Waals surface area (Å²) < 4.78 is 25.7. The molecule has 1 N–H and O–H groups in total. The van der Waals surface area contributed by atoms with Gasteiger partial charge in [0.2, 0.25) is 15.9 Å². The molecule has 3 rings (SSSR count). The van der Waals surface area contributed by atoms with Crippen molar-refractivity contribution in [3.63, 3.8) is 0 Å². The van der Waals surface area contributed by atoms with E-state index < -0.39 is 27.3 Å². The van der Waals surface area contributed by atoms with Crippen LogP contribution in [0.5, 0.6) is 0 Å². The average Bonchev–Trinajstić information content (AvgIpc) is 2.71. The van der Waals surface area contributed by atoms with Crippen molar-refractivity contribution in [2.45, 2.75) is 20.8 Å². The number of nitrogens with one attached hydrogen (secondary N) is 1. The Balaban J connectivity index is 1.98. The van der Waals surface area contributed by atoms with Crippen LogP contribution in [0.25, 0.3) is 0 Å². The lowest BCUT2D eigenvalue weighted by Crippen LogP contribution is -2.33. The number of amides is 2. The zero-order valence-corrected chi connectivity index (χ0v) is 16.7. The van der Waals surface area contributed by atoms with Gasteiger partial charge in [0.1, 0.15) is 0 Å². The number of rotatable bonds is 3. The van der Waals surface area contributed by atoms with Crippen LogP contribution < -0.4 is 9.62 Å². The van der Waals surface area contributed by atoms with E-state index in [0.29, 0.717) is 9.99 Å². The number of carbonyl (C=O) groups excluding carboxylic acids is 2. The number of halogens is 1. The Hall–Kier alpha value is -2.38. The first-order valence-corrected chi connectivity index (χ1v) is 10.2. The minimum atomic E-state index is -3.86. The third-order valence-electron chi connectivity index (χ3n) is 4.29. The Kier molecular flexibility index (Phi) is 4.78. The lowest BCUT2D eigenvalue weighted by atomic mass is 9.95. The van der Waals surface area contributed by atoms with Crippen molar-refractivity contribution in [2.24, 2.45) is 5.41 Å². The van der Waals surface area contributed by atoms with Crippen LogP contribution >= 0.6 is 11.6 Å². The highest BCUT2D eigenvalue weighted by atomic mass is 35.5. The predicted octanol–water partition coefficient (Wildman–Crippen LogP) is 3.60. The van der Waals surface area contributed by atoms with E-state index in [0.717, 1.165) is 5.56 Å². The summed E-state index contributed by atoms with van der Waals surface area (Å²) in [6, 6.07) is 11.5. The summed E-state index contributed by atoms with van der Waals surface area (Å²) in [7, 11) is -3.86. The summed E-state index contributed by atoms with van der Waals surface area (Å²) >= 11 is 6.16. The molecule has 0 radical (unpaired) electrons. The molecule has 2 amide bonds. The summed E-state index contributed by atoms with van der Waals surface area (Å²) in [6.45, 7) is 5.03. The fourth-order valence-electron chi connectivity index (χ4n) is 2.98. The van der Waals surface area contributed by atoms with Gasteiger partial charge in [0.15, 0.2) is 0 Å². The van der Waals surface area contributed by atoms with Crippen LogP contribution in [0.1, 0.15) is 29.8 Å². The molecule has 8 heteroatoms. The van der Waals surface area contributed by atoms with Crippen molar-refractivity contribution in [1.82, 2.24) is 0 Å². The average molecular weight is 407 g/mol. The van der Waals surface area contributed by atoms with Gasteiger partial charge in [0.25, 0.3) is 5.91 Å². The zero-order chi connectivity index (χ0) is 20.0. The quantitative estimate of drug-likeness (QED) is 0.844. The second kappa shape index (κ2) is 6.65. The highest BCUT2D eigenvalue weighted by molar-refractivity contribution is 7.94. The first kappa shape index (κ1) is 19.4. The van der Waals surface area contributed by atoms with Crippen molar-refractivity contribution in [1.29, 1.82) is 0 Å². The Labute approximate surface area is 163 Å². The molecule has 1 heterocycles. The van der Waals surface area contributed by atoms with Gasteiger partial charge in [-0.3, -0.25) is 9.59 Å². The van der Waals surface area contributed by atoms with Crippen LogP contribution in [0.15, 0.2) is 42.5 Å². The van der Waals surface area contributed by atoms with Gasteiger partial charge in [-0.05, 0) is 56.7 Å². The molecule has 0 aromatic heterocycles. The molecule has 0 spiro atoms. The molecule has 1 aliphatic heterocycles. The number of nitrogens with zero attached hydrogens (tertiary/aromatic N) is 1. The normalized spacial score (nSPS) is 17.8. The van der Waals surface area contributed by atoms with E-state index in [1.54, 1.807) is 19.9 Å². The standard InChI is InChI=1S/C19H19ClN2O4S/c1-12-5-4-6-14(9-12)21-17(23)13-7-8-15(20)16(10-13)22-18(24)19(2,3)11-27(22,25)26/h4-10H,11H2,1-3H3,(H,21,23). The number of carbonyl (C=O) groups is 2. The van der Waals surface area contributed by atoms with E-state index in [-0.39, 0.29) is 22.0 Å². The topological polar surface area (TPSA) is 83.6 Å². The van der Waals surface area contributed by atoms with Gasteiger partial charge in [0.05, 0.1) is 21.9 Å². The van der Waals surface area contributed by atoms with Crippen molar-refractivity contribution in [2.75, 3.05) is 15.4 Å². The smallest absolute Gasteiger partial charge is 0.255 e. The van der Waals surface area contributed by atoms with E-state index in [9.17, 15) is 18.0 Å². The van der Waals surface area contributed by atoms with Crippen LogP contribution in [-0.4, -0.2) is 26.0 Å². The van der Waals surface area contributed by atoms with Gasteiger partial charge < -0.3 is 5.32 Å². The molecule has 1 saturated heterocycles. The molecule has 2 aromatic carbocycles. The van der Waals surface area contributed by atoms with E-state index in [1.165, 1.54) is 18.2 Å². The van der Waals surface area contributed by atoms with E-state index >= 15 is 0 Å². The summed E-state index contributed by atoms with van der Waals surface area (Å²) in [5, 5.41) is 2.83. The van der Waals surface area contributed by atoms with Gasteiger partial charge in [-0.25, -0.2) is 12.7 Å². The minimum absolute atomic E-state index is 0.0101. The maximum absolute atomic E-state index is 12.6. The van der Waals surface area contributed by atoms with Crippen LogP contribution in [0, 0.1) is 12.3 Å². The van der Waals surface area contributed by atoms with Gasteiger partial charge in [-0.1, -0.05) is 23.7 Å².